The first kappa shape index (κ1) is 16.1. The number of amides is 1. The molecule has 2 aliphatic rings. The van der Waals surface area contributed by atoms with Crippen molar-refractivity contribution in [1.82, 2.24) is 14.8 Å². The Kier molecular flexibility index (Phi) is 4.20. The van der Waals surface area contributed by atoms with Crippen molar-refractivity contribution in [2.45, 2.75) is 25.6 Å². The van der Waals surface area contributed by atoms with Crippen LogP contribution in [0, 0.1) is 0 Å². The van der Waals surface area contributed by atoms with Gasteiger partial charge >= 0.3 is 0 Å². The van der Waals surface area contributed by atoms with Gasteiger partial charge in [-0.15, -0.1) is 0 Å². The zero-order chi connectivity index (χ0) is 16.6. The molecule has 1 amide bonds. The van der Waals surface area contributed by atoms with Crippen LogP contribution in [0.15, 0.2) is 24.4 Å². The monoisotopic (exact) mass is 337 g/mol. The van der Waals surface area contributed by atoms with Crippen LogP contribution in [0.4, 0.5) is 0 Å². The van der Waals surface area contributed by atoms with E-state index in [1.165, 1.54) is 11.8 Å². The van der Waals surface area contributed by atoms with Crippen molar-refractivity contribution < 1.29 is 18.0 Å². The number of carbonyl (C=O) groups excluding carboxylic acids is 2. The minimum Gasteiger partial charge on any atom is -0.329 e. The Hall–Kier alpha value is -1.80. The summed E-state index contributed by atoms with van der Waals surface area (Å²) in [6.45, 7) is 2.66. The number of ketones is 1. The van der Waals surface area contributed by atoms with Crippen molar-refractivity contribution in [3.05, 3.63) is 30.1 Å². The molecule has 0 saturated carbocycles. The summed E-state index contributed by atoms with van der Waals surface area (Å²) >= 11 is 0. The van der Waals surface area contributed by atoms with Gasteiger partial charge in [-0.05, 0) is 12.1 Å². The van der Waals surface area contributed by atoms with Crippen molar-refractivity contribution >= 4 is 21.5 Å². The van der Waals surface area contributed by atoms with Gasteiger partial charge in [0.2, 0.25) is 5.78 Å². The maximum Gasteiger partial charge on any atom is 0.290 e. The number of piperazine rings is 1. The van der Waals surface area contributed by atoms with E-state index in [0.29, 0.717) is 19.6 Å². The van der Waals surface area contributed by atoms with Crippen molar-refractivity contribution in [3.63, 3.8) is 0 Å². The molecule has 2 atom stereocenters. The van der Waals surface area contributed by atoms with Gasteiger partial charge in [0.15, 0.2) is 9.84 Å². The van der Waals surface area contributed by atoms with Crippen molar-refractivity contribution in [1.29, 1.82) is 0 Å². The van der Waals surface area contributed by atoms with Crippen molar-refractivity contribution in [3.8, 4) is 0 Å². The summed E-state index contributed by atoms with van der Waals surface area (Å²) in [6, 6.07) is 4.88. The van der Waals surface area contributed by atoms with Crippen LogP contribution in [0.2, 0.25) is 0 Å². The maximum atomic E-state index is 12.1. The van der Waals surface area contributed by atoms with Crippen LogP contribution in [-0.4, -0.2) is 71.6 Å². The predicted octanol–water partition coefficient (Wildman–Crippen LogP) is -0.520. The molecule has 2 fully saturated rings. The Morgan fingerprint density at radius 2 is 1.96 bits per heavy atom. The minimum atomic E-state index is -3.21. The summed E-state index contributed by atoms with van der Waals surface area (Å²) in [7, 11) is -3.21. The van der Waals surface area contributed by atoms with Gasteiger partial charge in [-0.3, -0.25) is 19.5 Å². The zero-order valence-corrected chi connectivity index (χ0v) is 13.7. The number of nitrogens with zero attached hydrogens (tertiary/aromatic N) is 3. The number of carbonyl (C=O) groups is 2. The zero-order valence-electron chi connectivity index (χ0n) is 12.9. The lowest BCUT2D eigenvalue weighted by Crippen LogP contribution is -2.61. The SMILES string of the molecule is CC(=O)C(=O)N1CCN(Cc2ccccn2)[C@@H]2CS(=O)(=O)C[C@@H]21. The molecule has 3 heterocycles. The van der Waals surface area contributed by atoms with Crippen molar-refractivity contribution in [2.24, 2.45) is 0 Å². The average molecular weight is 337 g/mol. The summed E-state index contributed by atoms with van der Waals surface area (Å²) in [4.78, 5) is 31.2. The molecule has 0 radical (unpaired) electrons. The number of rotatable bonds is 3. The van der Waals surface area contributed by atoms with E-state index in [0.717, 1.165) is 5.69 Å². The van der Waals surface area contributed by atoms with Gasteiger partial charge in [0, 0.05) is 38.8 Å². The molecule has 0 unspecified atom stereocenters. The molecule has 3 rings (SSSR count). The topological polar surface area (TPSA) is 87.7 Å². The molecular weight excluding hydrogens is 318 g/mol. The molecule has 0 aromatic carbocycles. The lowest BCUT2D eigenvalue weighted by molar-refractivity contribution is -0.147. The summed E-state index contributed by atoms with van der Waals surface area (Å²) in [6.07, 6.45) is 1.70. The van der Waals surface area contributed by atoms with Crippen LogP contribution in [0.5, 0.6) is 0 Å². The van der Waals surface area contributed by atoms with Gasteiger partial charge in [0.1, 0.15) is 0 Å². The largest absolute Gasteiger partial charge is 0.329 e. The van der Waals surface area contributed by atoms with E-state index < -0.39 is 27.6 Å². The highest BCUT2D eigenvalue weighted by molar-refractivity contribution is 7.91. The lowest BCUT2D eigenvalue weighted by atomic mass is 10.0. The molecule has 1 aromatic heterocycles. The summed E-state index contributed by atoms with van der Waals surface area (Å²) in [5, 5.41) is 0. The Balaban J connectivity index is 1.84. The Morgan fingerprint density at radius 1 is 1.22 bits per heavy atom. The van der Waals surface area contributed by atoms with Crippen LogP contribution >= 0.6 is 0 Å². The second-order valence-electron chi connectivity index (χ2n) is 6.06. The number of sulfone groups is 1. The fourth-order valence-corrected chi connectivity index (χ4v) is 5.39. The molecular formula is C15H19N3O4S. The van der Waals surface area contributed by atoms with Gasteiger partial charge in [-0.1, -0.05) is 6.07 Å². The van der Waals surface area contributed by atoms with Gasteiger partial charge in [0.05, 0.1) is 23.2 Å². The molecule has 1 aromatic rings. The summed E-state index contributed by atoms with van der Waals surface area (Å²) in [5.41, 5.74) is 0.863. The molecule has 23 heavy (non-hydrogen) atoms. The number of hydrogen-bond acceptors (Lipinski definition) is 6. The maximum absolute atomic E-state index is 12.1. The van der Waals surface area contributed by atoms with Crippen molar-refractivity contribution in [2.75, 3.05) is 24.6 Å². The number of aromatic nitrogens is 1. The highest BCUT2D eigenvalue weighted by Crippen LogP contribution is 2.28. The van der Waals surface area contributed by atoms with Crippen LogP contribution in [0.3, 0.4) is 0 Å². The van der Waals surface area contributed by atoms with Gasteiger partial charge in [-0.2, -0.15) is 0 Å². The highest BCUT2D eigenvalue weighted by atomic mass is 32.2. The number of fused-ring (bicyclic) bond motifs is 1. The van der Waals surface area contributed by atoms with E-state index in [1.54, 1.807) is 6.20 Å². The normalized spacial score (nSPS) is 26.7. The quantitative estimate of drug-likeness (QED) is 0.690. The van der Waals surface area contributed by atoms with Crippen LogP contribution in [0.1, 0.15) is 12.6 Å². The Morgan fingerprint density at radius 3 is 2.61 bits per heavy atom. The van der Waals surface area contributed by atoms with Crippen LogP contribution in [-0.2, 0) is 26.0 Å². The molecule has 2 aliphatic heterocycles. The predicted molar refractivity (Wildman–Crippen MR) is 83.3 cm³/mol. The van der Waals surface area contributed by atoms with E-state index in [-0.39, 0.29) is 17.5 Å². The van der Waals surface area contributed by atoms with Crippen LogP contribution in [0.25, 0.3) is 0 Å². The lowest BCUT2D eigenvalue weighted by Gasteiger charge is -2.43. The third-order valence-corrected chi connectivity index (χ3v) is 6.14. The highest BCUT2D eigenvalue weighted by Gasteiger charge is 2.48. The first-order valence-corrected chi connectivity index (χ1v) is 9.35. The number of pyridine rings is 1. The van der Waals surface area contributed by atoms with Gasteiger partial charge in [0.25, 0.3) is 5.91 Å². The smallest absolute Gasteiger partial charge is 0.290 e. The van der Waals surface area contributed by atoms with E-state index in [2.05, 4.69) is 9.88 Å². The molecule has 0 spiro atoms. The second kappa shape index (κ2) is 6.01. The summed E-state index contributed by atoms with van der Waals surface area (Å²) in [5.74, 6) is -1.19. The molecule has 7 nitrogen and oxygen atoms in total. The molecule has 2 saturated heterocycles. The third-order valence-electron chi connectivity index (χ3n) is 4.44. The van der Waals surface area contributed by atoms with E-state index in [9.17, 15) is 18.0 Å². The van der Waals surface area contributed by atoms with E-state index >= 15 is 0 Å². The Labute approximate surface area is 135 Å². The number of hydrogen-bond donors (Lipinski definition) is 0. The molecule has 0 N–H and O–H groups in total. The fraction of sp³-hybridized carbons (Fsp3) is 0.533. The van der Waals surface area contributed by atoms with E-state index in [4.69, 9.17) is 0 Å². The average Bonchev–Trinajstić information content (AvgIpc) is 2.83. The van der Waals surface area contributed by atoms with Gasteiger partial charge < -0.3 is 4.90 Å². The minimum absolute atomic E-state index is 0.0200. The van der Waals surface area contributed by atoms with Gasteiger partial charge in [-0.25, -0.2) is 8.42 Å². The fourth-order valence-electron chi connectivity index (χ4n) is 3.38. The van der Waals surface area contributed by atoms with Crippen LogP contribution < -0.4 is 0 Å². The first-order valence-electron chi connectivity index (χ1n) is 7.53. The molecule has 0 aliphatic carbocycles. The second-order valence-corrected chi connectivity index (χ2v) is 8.21. The molecule has 8 heteroatoms. The number of Topliss-reactive ketones (excluding diaryl/α,β-unsaturated/α-hetero) is 1. The van der Waals surface area contributed by atoms with E-state index in [1.807, 2.05) is 18.2 Å². The molecule has 0 bridgehead atoms. The third kappa shape index (κ3) is 3.28. The molecule has 124 valence electrons. The Bertz CT molecular complexity index is 719. The first-order chi connectivity index (χ1) is 10.9. The summed E-state index contributed by atoms with van der Waals surface area (Å²) < 4.78 is 24.1. The standard InChI is InChI=1S/C15H19N3O4S/c1-11(19)15(20)18-7-6-17(8-12-4-2-3-5-16-12)13-9-23(21,22)10-14(13)18/h2-5,13-14H,6-10H2,1H3/t13-,14+/m1/s1.